The van der Waals surface area contributed by atoms with Crippen LogP contribution in [0.2, 0.25) is 0 Å². The van der Waals surface area contributed by atoms with E-state index in [0.717, 1.165) is 25.7 Å². The number of hydrogen-bond acceptors (Lipinski definition) is 3. The van der Waals surface area contributed by atoms with E-state index in [4.69, 9.17) is 5.73 Å². The van der Waals surface area contributed by atoms with Crippen LogP contribution in [-0.4, -0.2) is 24.9 Å². The van der Waals surface area contributed by atoms with Gasteiger partial charge in [0.25, 0.3) is 5.91 Å². The fraction of sp³-hybridized carbons (Fsp3) is 0.500. The van der Waals surface area contributed by atoms with Gasteiger partial charge in [-0.05, 0) is 38.0 Å². The second kappa shape index (κ2) is 6.72. The molecule has 5 nitrogen and oxygen atoms in total. The van der Waals surface area contributed by atoms with Crippen LogP contribution in [0.5, 0.6) is 0 Å². The molecular weight excluding hydrogens is 266 g/mol. The normalized spacial score (nSPS) is 16.5. The molecule has 1 aliphatic carbocycles. The Bertz CT molecular complexity index is 522. The van der Waals surface area contributed by atoms with Crippen molar-refractivity contribution in [3.05, 3.63) is 29.8 Å². The second-order valence-corrected chi connectivity index (χ2v) is 5.59. The molecule has 21 heavy (non-hydrogen) atoms. The van der Waals surface area contributed by atoms with Crippen molar-refractivity contribution in [2.24, 2.45) is 11.1 Å². The maximum Gasteiger partial charge on any atom is 0.251 e. The Morgan fingerprint density at radius 3 is 2.62 bits per heavy atom. The van der Waals surface area contributed by atoms with Crippen molar-refractivity contribution in [3.8, 4) is 0 Å². The first-order chi connectivity index (χ1) is 10.1. The summed E-state index contributed by atoms with van der Waals surface area (Å²) in [5.74, 6) is -0.168. The zero-order valence-corrected chi connectivity index (χ0v) is 12.4. The number of carbonyl (C=O) groups is 2. The van der Waals surface area contributed by atoms with Crippen LogP contribution in [0.3, 0.4) is 0 Å². The summed E-state index contributed by atoms with van der Waals surface area (Å²) in [5, 5.41) is 5.66. The number of amides is 2. The maximum atomic E-state index is 12.5. The van der Waals surface area contributed by atoms with Gasteiger partial charge in [0.05, 0.1) is 5.41 Å². The first-order valence-corrected chi connectivity index (χ1v) is 7.51. The molecule has 2 amide bonds. The summed E-state index contributed by atoms with van der Waals surface area (Å²) in [6.45, 7) is 2.81. The molecule has 0 aliphatic heterocycles. The van der Waals surface area contributed by atoms with E-state index in [-0.39, 0.29) is 11.8 Å². The minimum atomic E-state index is -0.443. The third kappa shape index (κ3) is 3.42. The van der Waals surface area contributed by atoms with Crippen molar-refractivity contribution >= 4 is 17.5 Å². The molecule has 114 valence electrons. The van der Waals surface area contributed by atoms with E-state index < -0.39 is 5.41 Å². The molecule has 0 heterocycles. The van der Waals surface area contributed by atoms with Crippen molar-refractivity contribution in [2.75, 3.05) is 18.4 Å². The average Bonchev–Trinajstić information content (AvgIpc) is 2.98. The van der Waals surface area contributed by atoms with E-state index in [2.05, 4.69) is 10.6 Å². The Hall–Kier alpha value is -1.88. The summed E-state index contributed by atoms with van der Waals surface area (Å²) < 4.78 is 0. The van der Waals surface area contributed by atoms with Crippen LogP contribution in [-0.2, 0) is 4.79 Å². The number of carbonyl (C=O) groups excluding carboxylic acids is 2. The van der Waals surface area contributed by atoms with E-state index in [0.29, 0.717) is 24.3 Å². The Kier molecular flexibility index (Phi) is 4.96. The molecule has 2 rings (SSSR count). The van der Waals surface area contributed by atoms with Gasteiger partial charge in [-0.2, -0.15) is 0 Å². The maximum absolute atomic E-state index is 12.5. The highest BCUT2D eigenvalue weighted by Crippen LogP contribution is 2.38. The molecule has 4 N–H and O–H groups in total. The lowest BCUT2D eigenvalue weighted by atomic mass is 9.85. The van der Waals surface area contributed by atoms with E-state index in [1.165, 1.54) is 0 Å². The summed E-state index contributed by atoms with van der Waals surface area (Å²) in [6, 6.07) is 6.99. The van der Waals surface area contributed by atoms with Gasteiger partial charge in [-0.25, -0.2) is 0 Å². The number of nitrogens with one attached hydrogen (secondary N) is 2. The number of hydrogen-bond donors (Lipinski definition) is 3. The summed E-state index contributed by atoms with van der Waals surface area (Å²) in [5.41, 5.74) is 6.56. The number of nitrogens with two attached hydrogens (primary N) is 1. The SMILES string of the molecule is CCNC(=O)c1cccc(NC(=O)C2(CN)CCCC2)c1. The van der Waals surface area contributed by atoms with Gasteiger partial charge in [0.15, 0.2) is 0 Å². The van der Waals surface area contributed by atoms with Crippen LogP contribution in [0.1, 0.15) is 43.0 Å². The van der Waals surface area contributed by atoms with E-state index >= 15 is 0 Å². The molecule has 0 unspecified atom stereocenters. The number of anilines is 1. The quantitative estimate of drug-likeness (QED) is 0.774. The van der Waals surface area contributed by atoms with Gasteiger partial charge in [0, 0.05) is 24.3 Å². The molecule has 1 aromatic rings. The molecule has 1 saturated carbocycles. The van der Waals surface area contributed by atoms with E-state index in [9.17, 15) is 9.59 Å². The van der Waals surface area contributed by atoms with Crippen molar-refractivity contribution in [3.63, 3.8) is 0 Å². The van der Waals surface area contributed by atoms with E-state index in [1.807, 2.05) is 6.92 Å². The topological polar surface area (TPSA) is 84.2 Å². The zero-order valence-electron chi connectivity index (χ0n) is 12.4. The van der Waals surface area contributed by atoms with Gasteiger partial charge in [0.1, 0.15) is 0 Å². The molecule has 0 bridgehead atoms. The van der Waals surface area contributed by atoms with E-state index in [1.54, 1.807) is 24.3 Å². The Morgan fingerprint density at radius 2 is 2.00 bits per heavy atom. The van der Waals surface area contributed by atoms with Crippen molar-refractivity contribution in [1.82, 2.24) is 5.32 Å². The summed E-state index contributed by atoms with van der Waals surface area (Å²) in [4.78, 5) is 24.3. The predicted octanol–water partition coefficient (Wildman–Crippen LogP) is 1.89. The molecule has 0 atom stereocenters. The van der Waals surface area contributed by atoms with Crippen LogP contribution in [0.15, 0.2) is 24.3 Å². The lowest BCUT2D eigenvalue weighted by Gasteiger charge is -2.25. The molecule has 1 aromatic carbocycles. The Labute approximate surface area is 125 Å². The Balaban J connectivity index is 2.10. The lowest BCUT2D eigenvalue weighted by molar-refractivity contribution is -0.124. The molecule has 0 radical (unpaired) electrons. The smallest absolute Gasteiger partial charge is 0.251 e. The van der Waals surface area contributed by atoms with Gasteiger partial charge >= 0.3 is 0 Å². The van der Waals surface area contributed by atoms with Crippen LogP contribution < -0.4 is 16.4 Å². The fourth-order valence-electron chi connectivity index (χ4n) is 2.84. The summed E-state index contributed by atoms with van der Waals surface area (Å²) >= 11 is 0. The third-order valence-electron chi connectivity index (χ3n) is 4.15. The molecule has 0 aromatic heterocycles. The van der Waals surface area contributed by atoms with Crippen LogP contribution in [0.25, 0.3) is 0 Å². The first-order valence-electron chi connectivity index (χ1n) is 7.51. The monoisotopic (exact) mass is 289 g/mol. The highest BCUT2D eigenvalue weighted by Gasteiger charge is 2.39. The summed E-state index contributed by atoms with van der Waals surface area (Å²) in [7, 11) is 0. The molecular formula is C16H23N3O2. The minimum Gasteiger partial charge on any atom is -0.352 e. The average molecular weight is 289 g/mol. The Morgan fingerprint density at radius 1 is 1.29 bits per heavy atom. The van der Waals surface area contributed by atoms with Gasteiger partial charge in [-0.3, -0.25) is 9.59 Å². The minimum absolute atomic E-state index is 0.0319. The molecule has 1 aliphatic rings. The molecule has 0 saturated heterocycles. The zero-order chi connectivity index (χ0) is 15.3. The second-order valence-electron chi connectivity index (χ2n) is 5.59. The van der Waals surface area contributed by atoms with Crippen molar-refractivity contribution in [2.45, 2.75) is 32.6 Å². The van der Waals surface area contributed by atoms with Gasteiger partial charge in [-0.15, -0.1) is 0 Å². The highest BCUT2D eigenvalue weighted by atomic mass is 16.2. The van der Waals surface area contributed by atoms with Gasteiger partial charge in [0.2, 0.25) is 5.91 Å². The third-order valence-corrected chi connectivity index (χ3v) is 4.15. The highest BCUT2D eigenvalue weighted by molar-refractivity contribution is 5.98. The number of benzene rings is 1. The lowest BCUT2D eigenvalue weighted by Crippen LogP contribution is -2.40. The predicted molar refractivity (Wildman–Crippen MR) is 83.0 cm³/mol. The largest absolute Gasteiger partial charge is 0.352 e. The van der Waals surface area contributed by atoms with Crippen molar-refractivity contribution in [1.29, 1.82) is 0 Å². The van der Waals surface area contributed by atoms with Crippen LogP contribution >= 0.6 is 0 Å². The van der Waals surface area contributed by atoms with Crippen molar-refractivity contribution < 1.29 is 9.59 Å². The molecule has 1 fully saturated rings. The van der Waals surface area contributed by atoms with Gasteiger partial charge < -0.3 is 16.4 Å². The molecule has 0 spiro atoms. The summed E-state index contributed by atoms with van der Waals surface area (Å²) in [6.07, 6.45) is 3.77. The van der Waals surface area contributed by atoms with Gasteiger partial charge in [-0.1, -0.05) is 18.9 Å². The first kappa shape index (κ1) is 15.5. The number of rotatable bonds is 5. The molecule has 5 heteroatoms. The standard InChI is InChI=1S/C16H23N3O2/c1-2-18-14(20)12-6-5-7-13(10-12)19-15(21)16(11-17)8-3-4-9-16/h5-7,10H,2-4,8-9,11,17H2,1H3,(H,18,20)(H,19,21). The fourth-order valence-corrected chi connectivity index (χ4v) is 2.84. The van der Waals surface area contributed by atoms with Crippen LogP contribution in [0.4, 0.5) is 5.69 Å². The van der Waals surface area contributed by atoms with Crippen LogP contribution in [0, 0.1) is 5.41 Å².